The standard InChI is InChI=1S/C11H13NO2/c1-2-8-7-12-11(13)9-5-3-4-6-10(9)14-8/h3-6,8H,2,7H2,1H3,(H,12,13). The van der Waals surface area contributed by atoms with Crippen molar-refractivity contribution < 1.29 is 9.53 Å². The van der Waals surface area contributed by atoms with E-state index in [1.54, 1.807) is 6.07 Å². The maximum atomic E-state index is 11.6. The van der Waals surface area contributed by atoms with Crippen molar-refractivity contribution in [1.29, 1.82) is 0 Å². The van der Waals surface area contributed by atoms with Crippen LogP contribution in [0.4, 0.5) is 0 Å². The molecular weight excluding hydrogens is 178 g/mol. The lowest BCUT2D eigenvalue weighted by Crippen LogP contribution is -2.31. The fourth-order valence-electron chi connectivity index (χ4n) is 1.51. The van der Waals surface area contributed by atoms with Gasteiger partial charge in [0.2, 0.25) is 0 Å². The Morgan fingerprint density at radius 3 is 3.07 bits per heavy atom. The minimum absolute atomic E-state index is 0.0449. The summed E-state index contributed by atoms with van der Waals surface area (Å²) < 4.78 is 5.69. The SMILES string of the molecule is CCC1CNC(=O)c2ccccc2O1. The van der Waals surface area contributed by atoms with Crippen molar-refractivity contribution in [3.8, 4) is 5.75 Å². The summed E-state index contributed by atoms with van der Waals surface area (Å²) in [6.45, 7) is 2.63. The van der Waals surface area contributed by atoms with Crippen molar-refractivity contribution in [2.45, 2.75) is 19.4 Å². The van der Waals surface area contributed by atoms with E-state index >= 15 is 0 Å². The van der Waals surface area contributed by atoms with Crippen LogP contribution in [0, 0.1) is 0 Å². The summed E-state index contributed by atoms with van der Waals surface area (Å²) in [5.74, 6) is 0.644. The number of hydrogen-bond acceptors (Lipinski definition) is 2. The first-order valence-electron chi connectivity index (χ1n) is 4.85. The van der Waals surface area contributed by atoms with E-state index in [-0.39, 0.29) is 12.0 Å². The van der Waals surface area contributed by atoms with E-state index in [0.29, 0.717) is 17.9 Å². The molecule has 1 aliphatic heterocycles. The monoisotopic (exact) mass is 191 g/mol. The predicted molar refractivity (Wildman–Crippen MR) is 53.5 cm³/mol. The third-order valence-electron chi connectivity index (χ3n) is 2.37. The van der Waals surface area contributed by atoms with Crippen molar-refractivity contribution in [2.24, 2.45) is 0 Å². The molecule has 0 saturated carbocycles. The van der Waals surface area contributed by atoms with Crippen LogP contribution < -0.4 is 10.1 Å². The Morgan fingerprint density at radius 1 is 1.50 bits per heavy atom. The zero-order valence-corrected chi connectivity index (χ0v) is 8.12. The summed E-state index contributed by atoms with van der Waals surface area (Å²) in [6.07, 6.45) is 0.983. The number of para-hydroxylation sites is 1. The van der Waals surface area contributed by atoms with Gasteiger partial charge in [0.15, 0.2) is 0 Å². The first-order chi connectivity index (χ1) is 6.81. The second-order valence-corrected chi connectivity index (χ2v) is 3.35. The molecule has 0 spiro atoms. The van der Waals surface area contributed by atoms with Crippen molar-refractivity contribution >= 4 is 5.91 Å². The van der Waals surface area contributed by atoms with Gasteiger partial charge in [-0.15, -0.1) is 0 Å². The Labute approximate surface area is 83.1 Å². The number of carbonyl (C=O) groups is 1. The highest BCUT2D eigenvalue weighted by molar-refractivity contribution is 5.97. The van der Waals surface area contributed by atoms with Crippen LogP contribution >= 0.6 is 0 Å². The third kappa shape index (κ3) is 1.58. The molecule has 0 aliphatic carbocycles. The molecule has 1 aromatic rings. The number of carbonyl (C=O) groups excluding carboxylic acids is 1. The van der Waals surface area contributed by atoms with E-state index in [0.717, 1.165) is 6.42 Å². The molecule has 14 heavy (non-hydrogen) atoms. The molecule has 3 nitrogen and oxygen atoms in total. The highest BCUT2D eigenvalue weighted by Crippen LogP contribution is 2.21. The van der Waals surface area contributed by atoms with Crippen LogP contribution in [0.3, 0.4) is 0 Å². The minimum atomic E-state index is -0.0449. The average molecular weight is 191 g/mol. The van der Waals surface area contributed by atoms with Gasteiger partial charge in [0, 0.05) is 0 Å². The molecule has 1 N–H and O–H groups in total. The molecule has 74 valence electrons. The van der Waals surface area contributed by atoms with E-state index in [1.165, 1.54) is 0 Å². The fraction of sp³-hybridized carbons (Fsp3) is 0.364. The lowest BCUT2D eigenvalue weighted by atomic mass is 10.2. The van der Waals surface area contributed by atoms with Crippen LogP contribution in [0.5, 0.6) is 5.75 Å². The van der Waals surface area contributed by atoms with Gasteiger partial charge in [-0.2, -0.15) is 0 Å². The number of benzene rings is 1. The van der Waals surface area contributed by atoms with Crippen LogP contribution in [-0.4, -0.2) is 18.6 Å². The molecule has 1 aliphatic rings. The first kappa shape index (κ1) is 9.06. The summed E-state index contributed by atoms with van der Waals surface area (Å²) in [5.41, 5.74) is 0.628. The minimum Gasteiger partial charge on any atom is -0.488 e. The predicted octanol–water partition coefficient (Wildman–Crippen LogP) is 1.59. The Balaban J connectivity index is 2.36. The number of ether oxygens (including phenoxy) is 1. The zero-order valence-electron chi connectivity index (χ0n) is 8.12. The Hall–Kier alpha value is -1.51. The molecule has 0 aromatic heterocycles. The quantitative estimate of drug-likeness (QED) is 0.732. The van der Waals surface area contributed by atoms with Crippen molar-refractivity contribution in [3.05, 3.63) is 29.8 Å². The summed E-state index contributed by atoms with van der Waals surface area (Å²) in [5, 5.41) is 2.84. The third-order valence-corrected chi connectivity index (χ3v) is 2.37. The molecule has 1 heterocycles. The van der Waals surface area contributed by atoms with Gasteiger partial charge in [-0.05, 0) is 18.6 Å². The molecule has 0 saturated heterocycles. The zero-order chi connectivity index (χ0) is 9.97. The lowest BCUT2D eigenvalue weighted by Gasteiger charge is -2.13. The van der Waals surface area contributed by atoms with Crippen LogP contribution in [0.15, 0.2) is 24.3 Å². The van der Waals surface area contributed by atoms with Crippen molar-refractivity contribution in [1.82, 2.24) is 5.32 Å². The van der Waals surface area contributed by atoms with Gasteiger partial charge in [-0.25, -0.2) is 0 Å². The Kier molecular flexibility index (Phi) is 2.39. The van der Waals surface area contributed by atoms with E-state index in [2.05, 4.69) is 5.32 Å². The molecular formula is C11H13NO2. The van der Waals surface area contributed by atoms with Crippen LogP contribution in [0.25, 0.3) is 0 Å². The smallest absolute Gasteiger partial charge is 0.255 e. The number of fused-ring (bicyclic) bond motifs is 1. The molecule has 0 fully saturated rings. The van der Waals surface area contributed by atoms with Crippen LogP contribution in [-0.2, 0) is 0 Å². The van der Waals surface area contributed by atoms with Gasteiger partial charge in [-0.1, -0.05) is 19.1 Å². The summed E-state index contributed by atoms with van der Waals surface area (Å²) in [4.78, 5) is 11.6. The van der Waals surface area contributed by atoms with E-state index in [9.17, 15) is 4.79 Å². The molecule has 1 atom stereocenters. The highest BCUT2D eigenvalue weighted by Gasteiger charge is 2.20. The average Bonchev–Trinajstić information content (AvgIpc) is 2.39. The van der Waals surface area contributed by atoms with Gasteiger partial charge in [0.25, 0.3) is 5.91 Å². The molecule has 0 radical (unpaired) electrons. The van der Waals surface area contributed by atoms with Gasteiger partial charge in [0.1, 0.15) is 11.9 Å². The van der Waals surface area contributed by atoms with Crippen LogP contribution in [0.2, 0.25) is 0 Å². The highest BCUT2D eigenvalue weighted by atomic mass is 16.5. The molecule has 1 unspecified atom stereocenters. The number of rotatable bonds is 1. The van der Waals surface area contributed by atoms with Crippen LogP contribution in [0.1, 0.15) is 23.7 Å². The summed E-state index contributed by atoms with van der Waals surface area (Å²) >= 11 is 0. The second-order valence-electron chi connectivity index (χ2n) is 3.35. The molecule has 3 heteroatoms. The second kappa shape index (κ2) is 3.70. The maximum absolute atomic E-state index is 11.6. The molecule has 1 aromatic carbocycles. The topological polar surface area (TPSA) is 38.3 Å². The lowest BCUT2D eigenvalue weighted by molar-refractivity contribution is 0.0950. The summed E-state index contributed by atoms with van der Waals surface area (Å²) in [7, 11) is 0. The van der Waals surface area contributed by atoms with Gasteiger partial charge < -0.3 is 10.1 Å². The normalized spacial score (nSPS) is 20.4. The van der Waals surface area contributed by atoms with Gasteiger partial charge in [-0.3, -0.25) is 4.79 Å². The maximum Gasteiger partial charge on any atom is 0.255 e. The van der Waals surface area contributed by atoms with Gasteiger partial charge >= 0.3 is 0 Å². The summed E-state index contributed by atoms with van der Waals surface area (Å²) in [6, 6.07) is 7.34. The molecule has 2 rings (SSSR count). The van der Waals surface area contributed by atoms with Gasteiger partial charge in [0.05, 0.1) is 12.1 Å². The Morgan fingerprint density at radius 2 is 2.29 bits per heavy atom. The van der Waals surface area contributed by atoms with E-state index in [4.69, 9.17) is 4.74 Å². The fourth-order valence-corrected chi connectivity index (χ4v) is 1.51. The van der Waals surface area contributed by atoms with Crippen molar-refractivity contribution in [3.63, 3.8) is 0 Å². The Bertz CT molecular complexity index is 349. The van der Waals surface area contributed by atoms with E-state index in [1.807, 2.05) is 25.1 Å². The molecule has 1 amide bonds. The number of hydrogen-bond donors (Lipinski definition) is 1. The number of nitrogens with one attached hydrogen (secondary N) is 1. The first-order valence-corrected chi connectivity index (χ1v) is 4.85. The van der Waals surface area contributed by atoms with E-state index < -0.39 is 0 Å². The van der Waals surface area contributed by atoms with Crippen molar-refractivity contribution in [2.75, 3.05) is 6.54 Å². The number of amides is 1. The largest absolute Gasteiger partial charge is 0.488 e. The molecule has 0 bridgehead atoms.